The van der Waals surface area contributed by atoms with E-state index in [9.17, 15) is 14.4 Å². The van der Waals surface area contributed by atoms with Crippen molar-refractivity contribution >= 4 is 17.8 Å². The number of hydrogen-bond acceptors (Lipinski definition) is 5. The summed E-state index contributed by atoms with van der Waals surface area (Å²) in [6, 6.07) is 0. The maximum absolute atomic E-state index is 11.6. The number of nitrogens with zero attached hydrogens (tertiary/aromatic N) is 1. The lowest BCUT2D eigenvalue weighted by Gasteiger charge is -2.27. The SMILES string of the molecule is CC(C)(C)OC(=O)NC(C(=O)C(=O)O)N1CCCC1. The molecule has 1 rings (SSSR count). The number of likely N-dealkylation sites (tertiary alicyclic amines) is 1. The Morgan fingerprint density at radius 2 is 1.74 bits per heavy atom. The van der Waals surface area contributed by atoms with Crippen LogP contribution in [0.15, 0.2) is 0 Å². The van der Waals surface area contributed by atoms with E-state index in [1.807, 2.05) is 0 Å². The van der Waals surface area contributed by atoms with Crippen molar-refractivity contribution in [1.82, 2.24) is 10.2 Å². The molecule has 1 atom stereocenters. The molecule has 1 fully saturated rings. The number of carboxylic acids is 1. The second kappa shape index (κ2) is 6.01. The van der Waals surface area contributed by atoms with Gasteiger partial charge in [0.1, 0.15) is 5.60 Å². The highest BCUT2D eigenvalue weighted by molar-refractivity contribution is 6.35. The summed E-state index contributed by atoms with van der Waals surface area (Å²) in [6.07, 6.45) is -0.201. The molecule has 1 heterocycles. The Bertz CT molecular complexity index is 369. The van der Waals surface area contributed by atoms with Gasteiger partial charge in [-0.05, 0) is 33.6 Å². The molecule has 7 nitrogen and oxygen atoms in total. The molecule has 1 aliphatic heterocycles. The summed E-state index contributed by atoms with van der Waals surface area (Å²) in [4.78, 5) is 35.7. The van der Waals surface area contributed by atoms with Crippen molar-refractivity contribution < 1.29 is 24.2 Å². The minimum absolute atomic E-state index is 0.583. The number of aliphatic carboxylic acids is 1. The van der Waals surface area contributed by atoms with Crippen LogP contribution in [0.4, 0.5) is 4.79 Å². The van der Waals surface area contributed by atoms with Crippen LogP contribution in [-0.2, 0) is 14.3 Å². The van der Waals surface area contributed by atoms with Crippen LogP contribution in [-0.4, -0.2) is 52.7 Å². The summed E-state index contributed by atoms with van der Waals surface area (Å²) in [5, 5.41) is 11.1. The van der Waals surface area contributed by atoms with E-state index in [-0.39, 0.29) is 0 Å². The van der Waals surface area contributed by atoms with Gasteiger partial charge in [-0.25, -0.2) is 9.59 Å². The molecule has 2 N–H and O–H groups in total. The lowest BCUT2D eigenvalue weighted by atomic mass is 10.2. The molecule has 108 valence electrons. The third kappa shape index (κ3) is 4.86. The highest BCUT2D eigenvalue weighted by Crippen LogP contribution is 2.12. The van der Waals surface area contributed by atoms with Gasteiger partial charge in [-0.2, -0.15) is 0 Å². The summed E-state index contributed by atoms with van der Waals surface area (Å²) in [5.41, 5.74) is -0.702. The molecule has 0 aliphatic carbocycles. The van der Waals surface area contributed by atoms with Crippen molar-refractivity contribution in [3.05, 3.63) is 0 Å². The highest BCUT2D eigenvalue weighted by atomic mass is 16.6. The van der Waals surface area contributed by atoms with Gasteiger partial charge in [0.2, 0.25) is 0 Å². The van der Waals surface area contributed by atoms with E-state index in [2.05, 4.69) is 5.32 Å². The molecule has 0 radical (unpaired) electrons. The van der Waals surface area contributed by atoms with Gasteiger partial charge in [-0.1, -0.05) is 0 Å². The summed E-state index contributed by atoms with van der Waals surface area (Å²) in [6.45, 7) is 6.24. The van der Waals surface area contributed by atoms with Crippen LogP contribution in [0.3, 0.4) is 0 Å². The van der Waals surface area contributed by atoms with Crippen molar-refractivity contribution in [2.75, 3.05) is 13.1 Å². The van der Waals surface area contributed by atoms with E-state index in [1.54, 1.807) is 25.7 Å². The largest absolute Gasteiger partial charge is 0.475 e. The fraction of sp³-hybridized carbons (Fsp3) is 0.750. The molecule has 0 saturated carbocycles. The second-order valence-electron chi connectivity index (χ2n) is 5.46. The average Bonchev–Trinajstić information content (AvgIpc) is 2.75. The first-order valence-corrected chi connectivity index (χ1v) is 6.21. The summed E-state index contributed by atoms with van der Waals surface area (Å²) >= 11 is 0. The van der Waals surface area contributed by atoms with Gasteiger partial charge in [-0.3, -0.25) is 15.0 Å². The summed E-state index contributed by atoms with van der Waals surface area (Å²) < 4.78 is 5.04. The molecule has 1 aliphatic rings. The van der Waals surface area contributed by atoms with Crippen LogP contribution in [0.2, 0.25) is 0 Å². The molecule has 1 unspecified atom stereocenters. The van der Waals surface area contributed by atoms with E-state index in [0.29, 0.717) is 13.1 Å². The van der Waals surface area contributed by atoms with Gasteiger partial charge >= 0.3 is 12.1 Å². The Morgan fingerprint density at radius 3 is 2.16 bits per heavy atom. The number of ketones is 1. The lowest BCUT2D eigenvalue weighted by Crippen LogP contribution is -2.54. The molecule has 1 amide bonds. The zero-order chi connectivity index (χ0) is 14.6. The summed E-state index contributed by atoms with van der Waals surface area (Å²) in [5.74, 6) is -2.61. The number of Topliss-reactive ketones (excluding diaryl/α,β-unsaturated/α-hetero) is 1. The molecule has 0 spiro atoms. The van der Waals surface area contributed by atoms with E-state index in [0.717, 1.165) is 12.8 Å². The van der Waals surface area contributed by atoms with Crippen molar-refractivity contribution in [3.63, 3.8) is 0 Å². The van der Waals surface area contributed by atoms with E-state index < -0.39 is 29.6 Å². The maximum atomic E-state index is 11.6. The Hall–Kier alpha value is -1.63. The topological polar surface area (TPSA) is 95.9 Å². The zero-order valence-electron chi connectivity index (χ0n) is 11.4. The fourth-order valence-corrected chi connectivity index (χ4v) is 1.86. The Morgan fingerprint density at radius 1 is 1.21 bits per heavy atom. The number of hydrogen-bond donors (Lipinski definition) is 2. The molecule has 0 aromatic rings. The van der Waals surface area contributed by atoms with Crippen molar-refractivity contribution in [1.29, 1.82) is 0 Å². The predicted octanol–water partition coefficient (Wildman–Crippen LogP) is 0.587. The molecule has 1 saturated heterocycles. The molecule has 7 heteroatoms. The van der Waals surface area contributed by atoms with Gasteiger partial charge in [0.05, 0.1) is 0 Å². The number of nitrogens with one attached hydrogen (secondary N) is 1. The van der Waals surface area contributed by atoms with Crippen LogP contribution < -0.4 is 5.32 Å². The standard InChI is InChI=1S/C12H20N2O5/c1-12(2,3)19-11(18)13-9(8(15)10(16)17)14-6-4-5-7-14/h9H,4-7H2,1-3H3,(H,13,18)(H,16,17). The Balaban J connectivity index is 2.71. The number of carboxylic acid groups (broad SMARTS) is 1. The molecule has 19 heavy (non-hydrogen) atoms. The van der Waals surface area contributed by atoms with Crippen molar-refractivity contribution in [2.45, 2.75) is 45.4 Å². The molecule has 0 bridgehead atoms. The smallest absolute Gasteiger partial charge is 0.409 e. The van der Waals surface area contributed by atoms with Crippen LogP contribution >= 0.6 is 0 Å². The number of carbonyl (C=O) groups is 3. The lowest BCUT2D eigenvalue weighted by molar-refractivity contribution is -0.152. The second-order valence-corrected chi connectivity index (χ2v) is 5.46. The third-order valence-electron chi connectivity index (χ3n) is 2.62. The first-order valence-electron chi connectivity index (χ1n) is 6.21. The monoisotopic (exact) mass is 272 g/mol. The number of carbonyl (C=O) groups excluding carboxylic acids is 2. The molecule has 0 aromatic heterocycles. The minimum atomic E-state index is -1.56. The fourth-order valence-electron chi connectivity index (χ4n) is 1.86. The Kier molecular flexibility index (Phi) is 4.88. The van der Waals surface area contributed by atoms with E-state index in [1.165, 1.54) is 0 Å². The number of rotatable bonds is 4. The highest BCUT2D eigenvalue weighted by Gasteiger charge is 2.34. The van der Waals surface area contributed by atoms with Crippen LogP contribution in [0.5, 0.6) is 0 Å². The van der Waals surface area contributed by atoms with Gasteiger partial charge in [0, 0.05) is 13.1 Å². The predicted molar refractivity (Wildman–Crippen MR) is 66.6 cm³/mol. The first-order chi connectivity index (χ1) is 8.70. The molecular weight excluding hydrogens is 252 g/mol. The van der Waals surface area contributed by atoms with Crippen LogP contribution in [0.1, 0.15) is 33.6 Å². The normalized spacial score (nSPS) is 17.8. The van der Waals surface area contributed by atoms with Crippen LogP contribution in [0, 0.1) is 0 Å². The van der Waals surface area contributed by atoms with E-state index >= 15 is 0 Å². The maximum Gasteiger partial charge on any atom is 0.409 e. The van der Waals surface area contributed by atoms with Gasteiger partial charge in [-0.15, -0.1) is 0 Å². The van der Waals surface area contributed by atoms with Gasteiger partial charge in [0.15, 0.2) is 6.17 Å². The average molecular weight is 272 g/mol. The number of ether oxygens (including phenoxy) is 1. The summed E-state index contributed by atoms with van der Waals surface area (Å²) in [7, 11) is 0. The molecular formula is C12H20N2O5. The Labute approximate surface area is 111 Å². The van der Waals surface area contributed by atoms with Crippen LogP contribution in [0.25, 0.3) is 0 Å². The van der Waals surface area contributed by atoms with Crippen molar-refractivity contribution in [3.8, 4) is 0 Å². The zero-order valence-corrected chi connectivity index (χ0v) is 11.4. The third-order valence-corrected chi connectivity index (χ3v) is 2.62. The van der Waals surface area contributed by atoms with Gasteiger partial charge < -0.3 is 9.84 Å². The van der Waals surface area contributed by atoms with Gasteiger partial charge in [0.25, 0.3) is 5.78 Å². The molecule has 0 aromatic carbocycles. The minimum Gasteiger partial charge on any atom is -0.475 e. The number of alkyl carbamates (subject to hydrolysis) is 1. The first kappa shape index (κ1) is 15.4. The van der Waals surface area contributed by atoms with E-state index in [4.69, 9.17) is 9.84 Å². The quantitative estimate of drug-likeness (QED) is 0.727. The number of amides is 1. The van der Waals surface area contributed by atoms with Crippen molar-refractivity contribution in [2.24, 2.45) is 0 Å².